The largest absolute Gasteiger partial charge is 0.300 e. The first-order valence-corrected chi connectivity index (χ1v) is 8.13. The second-order valence-electron chi connectivity index (χ2n) is 6.12. The summed E-state index contributed by atoms with van der Waals surface area (Å²) in [7, 11) is 0. The van der Waals surface area contributed by atoms with Crippen LogP contribution >= 0.6 is 0 Å². The van der Waals surface area contributed by atoms with Gasteiger partial charge < -0.3 is 4.90 Å². The molecule has 2 nitrogen and oxygen atoms in total. The molecule has 0 amide bonds. The molecule has 1 aliphatic heterocycles. The van der Waals surface area contributed by atoms with E-state index in [1.807, 2.05) is 18.2 Å². The first kappa shape index (κ1) is 16.1. The molecule has 2 aromatic carbocycles. The maximum atomic E-state index is 13.2. The molecule has 1 aliphatic rings. The number of hydrogen-bond donors (Lipinski definition) is 0. The van der Waals surface area contributed by atoms with Crippen molar-refractivity contribution in [1.29, 1.82) is 0 Å². The van der Waals surface area contributed by atoms with Crippen molar-refractivity contribution in [3.05, 3.63) is 71.3 Å². The maximum absolute atomic E-state index is 13.2. The Morgan fingerprint density at radius 1 is 0.739 bits per heavy atom. The first-order valence-electron chi connectivity index (χ1n) is 8.13. The zero-order valence-corrected chi connectivity index (χ0v) is 13.2. The van der Waals surface area contributed by atoms with Gasteiger partial charge in [0.1, 0.15) is 11.6 Å². The zero-order chi connectivity index (χ0) is 16.1. The number of halogens is 2. The molecule has 0 saturated carbocycles. The third-order valence-electron chi connectivity index (χ3n) is 4.39. The van der Waals surface area contributed by atoms with Gasteiger partial charge in [-0.2, -0.15) is 0 Å². The van der Waals surface area contributed by atoms with Crippen molar-refractivity contribution in [2.24, 2.45) is 0 Å². The molecule has 122 valence electrons. The molecule has 3 rings (SSSR count). The van der Waals surface area contributed by atoms with E-state index in [-0.39, 0.29) is 11.6 Å². The minimum atomic E-state index is -0.184. The van der Waals surface area contributed by atoms with Crippen LogP contribution < -0.4 is 0 Å². The molecule has 1 fully saturated rings. The van der Waals surface area contributed by atoms with Gasteiger partial charge in [0, 0.05) is 39.3 Å². The van der Waals surface area contributed by atoms with Gasteiger partial charge in [-0.25, -0.2) is 8.78 Å². The number of rotatable bonds is 5. The Balaban J connectivity index is 1.42. The highest BCUT2D eigenvalue weighted by molar-refractivity contribution is 5.17. The van der Waals surface area contributed by atoms with E-state index in [1.54, 1.807) is 12.1 Å². The molecule has 1 heterocycles. The Morgan fingerprint density at radius 3 is 2.13 bits per heavy atom. The van der Waals surface area contributed by atoms with Crippen LogP contribution in [0.25, 0.3) is 0 Å². The van der Waals surface area contributed by atoms with Crippen molar-refractivity contribution in [3.8, 4) is 0 Å². The summed E-state index contributed by atoms with van der Waals surface area (Å²) in [6, 6.07) is 13.6. The molecule has 2 aromatic rings. The number of nitrogens with zero attached hydrogens (tertiary/aromatic N) is 2. The Bertz CT molecular complexity index is 620. The molecule has 4 heteroatoms. The summed E-state index contributed by atoms with van der Waals surface area (Å²) < 4.78 is 26.1. The topological polar surface area (TPSA) is 6.48 Å². The summed E-state index contributed by atoms with van der Waals surface area (Å²) >= 11 is 0. The Morgan fingerprint density at radius 2 is 1.43 bits per heavy atom. The Hall–Kier alpha value is -1.78. The Kier molecular flexibility index (Phi) is 5.36. The lowest BCUT2D eigenvalue weighted by molar-refractivity contribution is 0.128. The monoisotopic (exact) mass is 316 g/mol. The average Bonchev–Trinajstić information content (AvgIpc) is 2.56. The van der Waals surface area contributed by atoms with Gasteiger partial charge in [-0.1, -0.05) is 24.3 Å². The van der Waals surface area contributed by atoms with Gasteiger partial charge in [0.15, 0.2) is 0 Å². The summed E-state index contributed by atoms with van der Waals surface area (Å²) in [6.07, 6.45) is 0.885. The number of benzene rings is 2. The van der Waals surface area contributed by atoms with Gasteiger partial charge >= 0.3 is 0 Å². The van der Waals surface area contributed by atoms with E-state index >= 15 is 0 Å². The second-order valence-corrected chi connectivity index (χ2v) is 6.12. The van der Waals surface area contributed by atoms with E-state index < -0.39 is 0 Å². The molecular formula is C19H22F2N2. The third-order valence-corrected chi connectivity index (χ3v) is 4.39. The van der Waals surface area contributed by atoms with Gasteiger partial charge in [0.05, 0.1) is 0 Å². The predicted octanol–water partition coefficient (Wildman–Crippen LogP) is 3.33. The quantitative estimate of drug-likeness (QED) is 0.835. The lowest BCUT2D eigenvalue weighted by atomic mass is 10.1. The van der Waals surface area contributed by atoms with Crippen LogP contribution in [0.15, 0.2) is 48.5 Å². The lowest BCUT2D eigenvalue weighted by Crippen LogP contribution is -2.46. The molecule has 0 unspecified atom stereocenters. The smallest absolute Gasteiger partial charge is 0.123 e. The highest BCUT2D eigenvalue weighted by atomic mass is 19.1. The molecule has 0 bridgehead atoms. The van der Waals surface area contributed by atoms with Crippen molar-refractivity contribution >= 4 is 0 Å². The minimum Gasteiger partial charge on any atom is -0.300 e. The zero-order valence-electron chi connectivity index (χ0n) is 13.2. The predicted molar refractivity (Wildman–Crippen MR) is 88.2 cm³/mol. The van der Waals surface area contributed by atoms with Crippen LogP contribution in [0.4, 0.5) is 8.78 Å². The third kappa shape index (κ3) is 4.85. The summed E-state index contributed by atoms with van der Waals surface area (Å²) in [5.41, 5.74) is 2.21. The summed E-state index contributed by atoms with van der Waals surface area (Å²) in [4.78, 5) is 4.82. The number of hydrogen-bond acceptors (Lipinski definition) is 2. The van der Waals surface area contributed by atoms with E-state index in [1.165, 1.54) is 18.2 Å². The molecule has 23 heavy (non-hydrogen) atoms. The summed E-state index contributed by atoms with van der Waals surface area (Å²) in [6.45, 7) is 5.92. The summed E-state index contributed by atoms with van der Waals surface area (Å²) in [5.74, 6) is -0.345. The Labute approximate surface area is 136 Å². The summed E-state index contributed by atoms with van der Waals surface area (Å²) in [5, 5.41) is 0. The minimum absolute atomic E-state index is 0.161. The van der Waals surface area contributed by atoms with Crippen LogP contribution in [0, 0.1) is 11.6 Å². The normalized spacial score (nSPS) is 16.6. The van der Waals surface area contributed by atoms with Gasteiger partial charge in [0.2, 0.25) is 0 Å². The molecule has 0 aliphatic carbocycles. The van der Waals surface area contributed by atoms with Crippen molar-refractivity contribution in [1.82, 2.24) is 9.80 Å². The van der Waals surface area contributed by atoms with Crippen LogP contribution in [0.3, 0.4) is 0 Å². The van der Waals surface area contributed by atoms with Crippen molar-refractivity contribution in [2.75, 3.05) is 32.7 Å². The van der Waals surface area contributed by atoms with Crippen molar-refractivity contribution < 1.29 is 8.78 Å². The fraction of sp³-hybridized carbons (Fsp3) is 0.368. The van der Waals surface area contributed by atoms with Crippen LogP contribution in [-0.4, -0.2) is 42.5 Å². The van der Waals surface area contributed by atoms with Crippen LogP contribution in [0.2, 0.25) is 0 Å². The van der Waals surface area contributed by atoms with E-state index in [0.29, 0.717) is 0 Å². The lowest BCUT2D eigenvalue weighted by Gasteiger charge is -2.34. The van der Waals surface area contributed by atoms with Crippen molar-refractivity contribution in [3.63, 3.8) is 0 Å². The SMILES string of the molecule is Fc1ccc(CN2CCN(CCc3cccc(F)c3)CC2)cc1. The van der Waals surface area contributed by atoms with Crippen LogP contribution in [0.5, 0.6) is 0 Å². The van der Waals surface area contributed by atoms with Crippen LogP contribution in [-0.2, 0) is 13.0 Å². The fourth-order valence-electron chi connectivity index (χ4n) is 3.00. The van der Waals surface area contributed by atoms with Gasteiger partial charge in [-0.15, -0.1) is 0 Å². The molecule has 0 atom stereocenters. The molecule has 0 aromatic heterocycles. The van der Waals surface area contributed by atoms with E-state index in [0.717, 1.165) is 56.8 Å². The maximum Gasteiger partial charge on any atom is 0.123 e. The molecule has 1 saturated heterocycles. The highest BCUT2D eigenvalue weighted by Gasteiger charge is 2.16. The molecular weight excluding hydrogens is 294 g/mol. The second kappa shape index (κ2) is 7.66. The van der Waals surface area contributed by atoms with E-state index in [4.69, 9.17) is 0 Å². The molecule has 0 radical (unpaired) electrons. The van der Waals surface area contributed by atoms with Crippen molar-refractivity contribution in [2.45, 2.75) is 13.0 Å². The van der Waals surface area contributed by atoms with Gasteiger partial charge in [-0.05, 0) is 41.8 Å². The molecule has 0 N–H and O–H groups in total. The highest BCUT2D eigenvalue weighted by Crippen LogP contribution is 2.11. The average molecular weight is 316 g/mol. The number of piperazine rings is 1. The van der Waals surface area contributed by atoms with Gasteiger partial charge in [-0.3, -0.25) is 4.90 Å². The first-order chi connectivity index (χ1) is 11.2. The van der Waals surface area contributed by atoms with Crippen LogP contribution in [0.1, 0.15) is 11.1 Å². The van der Waals surface area contributed by atoms with Gasteiger partial charge in [0.25, 0.3) is 0 Å². The molecule has 0 spiro atoms. The van der Waals surface area contributed by atoms with E-state index in [9.17, 15) is 8.78 Å². The van der Waals surface area contributed by atoms with E-state index in [2.05, 4.69) is 9.80 Å². The fourth-order valence-corrected chi connectivity index (χ4v) is 3.00. The standard InChI is InChI=1S/C19H22F2N2/c20-18-6-4-17(5-7-18)15-23-12-10-22(11-13-23)9-8-16-2-1-3-19(21)14-16/h1-7,14H,8-13,15H2.